The van der Waals surface area contributed by atoms with E-state index < -0.39 is 0 Å². The maximum absolute atomic E-state index is 6.07. The summed E-state index contributed by atoms with van der Waals surface area (Å²) in [5, 5.41) is 1.48. The van der Waals surface area contributed by atoms with Crippen LogP contribution in [-0.4, -0.2) is 0 Å². The van der Waals surface area contributed by atoms with Gasteiger partial charge in [-0.1, -0.05) is 47.5 Å². The molecule has 4 rings (SSSR count). The van der Waals surface area contributed by atoms with Gasteiger partial charge in [-0.25, -0.2) is 0 Å². The second-order valence-corrected chi connectivity index (χ2v) is 7.02. The van der Waals surface area contributed by atoms with E-state index in [4.69, 9.17) is 23.2 Å². The van der Waals surface area contributed by atoms with E-state index in [1.807, 2.05) is 24.3 Å². The minimum absolute atomic E-state index is 0.737. The van der Waals surface area contributed by atoms with Crippen molar-refractivity contribution in [2.24, 2.45) is 0 Å². The first kappa shape index (κ1) is 16.1. The van der Waals surface area contributed by atoms with E-state index in [1.165, 1.54) is 11.1 Å². The molecule has 0 N–H and O–H groups in total. The quantitative estimate of drug-likeness (QED) is 0.363. The maximum Gasteiger partial charge on any atom is 0.211 e. The minimum atomic E-state index is 0.737. The summed E-state index contributed by atoms with van der Waals surface area (Å²) < 4.78 is 2.15. The number of halogens is 2. The summed E-state index contributed by atoms with van der Waals surface area (Å²) in [4.78, 5) is 0. The van der Waals surface area contributed by atoms with Crippen molar-refractivity contribution in [2.75, 3.05) is 0 Å². The Labute approximate surface area is 157 Å². The summed E-state index contributed by atoms with van der Waals surface area (Å²) in [6.45, 7) is 2.11. The van der Waals surface area contributed by atoms with Crippen molar-refractivity contribution in [3.63, 3.8) is 0 Å². The van der Waals surface area contributed by atoms with E-state index in [0.29, 0.717) is 0 Å². The van der Waals surface area contributed by atoms with Crippen LogP contribution < -0.4 is 4.40 Å². The lowest BCUT2D eigenvalue weighted by molar-refractivity contribution is -0.511. The molecule has 2 aromatic heterocycles. The normalized spacial score (nSPS) is 11.0. The molecule has 3 heteroatoms. The summed E-state index contributed by atoms with van der Waals surface area (Å²) in [7, 11) is 0. The summed E-state index contributed by atoms with van der Waals surface area (Å²) in [5.74, 6) is 0. The van der Waals surface area contributed by atoms with E-state index in [2.05, 4.69) is 66.2 Å². The monoisotopic (exact) mass is 364 g/mol. The fraction of sp³-hybridized carbons (Fsp3) is 0.0455. The van der Waals surface area contributed by atoms with Crippen molar-refractivity contribution < 1.29 is 4.40 Å². The van der Waals surface area contributed by atoms with Gasteiger partial charge in [0.2, 0.25) is 5.52 Å². The second-order valence-electron chi connectivity index (χ2n) is 6.15. The average molecular weight is 365 g/mol. The lowest BCUT2D eigenvalue weighted by Crippen LogP contribution is -2.21. The Hall–Kier alpha value is -2.35. The van der Waals surface area contributed by atoms with Gasteiger partial charge >= 0.3 is 0 Å². The molecule has 0 atom stereocenters. The van der Waals surface area contributed by atoms with Crippen molar-refractivity contribution in [2.45, 2.75) is 6.92 Å². The van der Waals surface area contributed by atoms with Crippen LogP contribution in [0.2, 0.25) is 10.0 Å². The maximum atomic E-state index is 6.07. The highest BCUT2D eigenvalue weighted by atomic mass is 35.5. The molecule has 0 aliphatic carbocycles. The highest BCUT2D eigenvalue weighted by Gasteiger charge is 2.15. The van der Waals surface area contributed by atoms with E-state index in [9.17, 15) is 0 Å². The number of aromatic nitrogens is 1. The number of fused-ring (bicyclic) bond motifs is 1. The number of pyridine rings is 2. The lowest BCUT2D eigenvalue weighted by atomic mass is 9.95. The van der Waals surface area contributed by atoms with E-state index in [1.54, 1.807) is 0 Å². The molecule has 0 aliphatic rings. The zero-order valence-corrected chi connectivity index (χ0v) is 15.2. The molecule has 0 saturated heterocycles. The largest absolute Gasteiger partial charge is 0.211 e. The van der Waals surface area contributed by atoms with Crippen LogP contribution in [0.1, 0.15) is 5.56 Å². The van der Waals surface area contributed by atoms with Gasteiger partial charge in [-0.2, -0.15) is 4.40 Å². The van der Waals surface area contributed by atoms with Crippen LogP contribution in [-0.2, 0) is 0 Å². The highest BCUT2D eigenvalue weighted by molar-refractivity contribution is 6.31. The Morgan fingerprint density at radius 1 is 0.680 bits per heavy atom. The van der Waals surface area contributed by atoms with Crippen molar-refractivity contribution in [3.05, 3.63) is 94.7 Å². The second kappa shape index (κ2) is 6.51. The molecule has 0 radical (unpaired) electrons. The number of hydrogen-bond donors (Lipinski definition) is 0. The molecule has 122 valence electrons. The zero-order valence-electron chi connectivity index (χ0n) is 13.7. The lowest BCUT2D eigenvalue weighted by Gasteiger charge is -2.09. The first-order valence-electron chi connectivity index (χ1n) is 8.08. The predicted molar refractivity (Wildman–Crippen MR) is 105 cm³/mol. The fourth-order valence-corrected chi connectivity index (χ4v) is 3.29. The van der Waals surface area contributed by atoms with Crippen molar-refractivity contribution in [1.29, 1.82) is 0 Å². The first-order chi connectivity index (χ1) is 12.1. The SMILES string of the molecule is Cc1cc[n+]2cc(-c3ccc(Cl)cc3)c(-c3ccc(Cl)cc3)cc2c1. The Morgan fingerprint density at radius 2 is 1.24 bits per heavy atom. The van der Waals surface area contributed by atoms with Gasteiger partial charge < -0.3 is 0 Å². The third-order valence-electron chi connectivity index (χ3n) is 4.33. The molecule has 0 saturated carbocycles. The van der Waals surface area contributed by atoms with Crippen LogP contribution >= 0.6 is 23.2 Å². The van der Waals surface area contributed by atoms with E-state index in [0.717, 1.165) is 32.3 Å². The third kappa shape index (κ3) is 3.26. The number of rotatable bonds is 2. The number of benzene rings is 2. The van der Waals surface area contributed by atoms with Crippen LogP contribution in [0.25, 0.3) is 27.8 Å². The van der Waals surface area contributed by atoms with Crippen LogP contribution in [0.3, 0.4) is 0 Å². The van der Waals surface area contributed by atoms with Crippen LogP contribution in [0.5, 0.6) is 0 Å². The van der Waals surface area contributed by atoms with Gasteiger partial charge in [0.25, 0.3) is 0 Å². The molecule has 25 heavy (non-hydrogen) atoms. The summed E-state index contributed by atoms with van der Waals surface area (Å²) in [5.41, 5.74) is 6.98. The molecule has 0 fully saturated rings. The third-order valence-corrected chi connectivity index (χ3v) is 4.84. The molecule has 0 aliphatic heterocycles. The van der Waals surface area contributed by atoms with Crippen LogP contribution in [0, 0.1) is 6.92 Å². The van der Waals surface area contributed by atoms with E-state index in [-0.39, 0.29) is 0 Å². The molecule has 2 aromatic carbocycles. The standard InChI is InChI=1S/C22H16Cl2N/c1-15-10-11-25-14-22(17-4-8-19(24)9-5-17)21(13-20(25)12-15)16-2-6-18(23)7-3-16/h2-14H,1H3/q+1. The minimum Gasteiger partial charge on any atom is -0.167 e. The summed E-state index contributed by atoms with van der Waals surface area (Å²) in [6.07, 6.45) is 4.26. The van der Waals surface area contributed by atoms with Gasteiger partial charge in [-0.15, -0.1) is 0 Å². The highest BCUT2D eigenvalue weighted by Crippen LogP contribution is 2.33. The zero-order chi connectivity index (χ0) is 17.4. The van der Waals surface area contributed by atoms with Crippen molar-refractivity contribution in [3.8, 4) is 22.3 Å². The van der Waals surface area contributed by atoms with Gasteiger partial charge in [0.1, 0.15) is 0 Å². The van der Waals surface area contributed by atoms with Gasteiger partial charge in [0.15, 0.2) is 12.4 Å². The first-order valence-corrected chi connectivity index (χ1v) is 8.83. The molecule has 0 bridgehead atoms. The Morgan fingerprint density at radius 3 is 1.84 bits per heavy atom. The average Bonchev–Trinajstić information content (AvgIpc) is 2.62. The predicted octanol–water partition coefficient (Wildman–Crippen LogP) is 6.37. The summed E-state index contributed by atoms with van der Waals surface area (Å²) in [6, 6.07) is 22.4. The van der Waals surface area contributed by atoms with E-state index >= 15 is 0 Å². The molecular formula is C22H16Cl2N+. The van der Waals surface area contributed by atoms with Gasteiger partial charge in [0, 0.05) is 33.8 Å². The number of hydrogen-bond acceptors (Lipinski definition) is 0. The Balaban J connectivity index is 2.01. The molecular weight excluding hydrogens is 349 g/mol. The molecule has 0 amide bonds. The topological polar surface area (TPSA) is 4.10 Å². The molecule has 0 unspecified atom stereocenters. The van der Waals surface area contributed by atoms with Gasteiger partial charge in [-0.05, 0) is 47.9 Å². The van der Waals surface area contributed by atoms with Crippen molar-refractivity contribution in [1.82, 2.24) is 0 Å². The number of aryl methyl sites for hydroxylation is 1. The fourth-order valence-electron chi connectivity index (χ4n) is 3.04. The molecule has 2 heterocycles. The van der Waals surface area contributed by atoms with Gasteiger partial charge in [-0.3, -0.25) is 0 Å². The molecule has 1 nitrogen and oxygen atoms in total. The number of nitrogens with zero attached hydrogens (tertiary/aromatic N) is 1. The van der Waals surface area contributed by atoms with Crippen LogP contribution in [0.4, 0.5) is 0 Å². The van der Waals surface area contributed by atoms with Crippen LogP contribution in [0.15, 0.2) is 79.1 Å². The Bertz CT molecular complexity index is 1050. The van der Waals surface area contributed by atoms with Gasteiger partial charge in [0.05, 0.1) is 5.56 Å². The molecule has 0 spiro atoms. The van der Waals surface area contributed by atoms with Crippen molar-refractivity contribution >= 4 is 28.7 Å². The molecule has 4 aromatic rings. The Kier molecular flexibility index (Phi) is 4.20. The smallest absolute Gasteiger partial charge is 0.167 e. The summed E-state index contributed by atoms with van der Waals surface area (Å²) >= 11 is 12.1.